The average Bonchev–Trinajstić information content (AvgIpc) is 2.57. The number of ether oxygens (including phenoxy) is 1. The van der Waals surface area contributed by atoms with E-state index < -0.39 is 10.0 Å². The van der Waals surface area contributed by atoms with Crippen molar-refractivity contribution in [2.45, 2.75) is 19.4 Å². The summed E-state index contributed by atoms with van der Waals surface area (Å²) in [6.45, 7) is 4.48. The van der Waals surface area contributed by atoms with E-state index in [2.05, 4.69) is 10.2 Å². The van der Waals surface area contributed by atoms with E-state index in [0.29, 0.717) is 32.7 Å². The van der Waals surface area contributed by atoms with Gasteiger partial charge in [-0.1, -0.05) is 6.07 Å². The summed E-state index contributed by atoms with van der Waals surface area (Å²) < 4.78 is 30.7. The molecule has 138 valence electrons. The zero-order chi connectivity index (χ0) is 17.9. The van der Waals surface area contributed by atoms with Crippen molar-refractivity contribution in [3.05, 3.63) is 29.3 Å². The van der Waals surface area contributed by atoms with Crippen LogP contribution in [0.4, 0.5) is 0 Å². The third kappa shape index (κ3) is 4.93. The molecule has 1 aromatic carbocycles. The molecule has 2 aliphatic rings. The number of hydrogen-bond donors (Lipinski definition) is 1. The second-order valence-electron chi connectivity index (χ2n) is 6.61. The quantitative estimate of drug-likeness (QED) is 0.727. The van der Waals surface area contributed by atoms with Crippen molar-refractivity contribution in [3.8, 4) is 5.75 Å². The number of sulfonamides is 1. The van der Waals surface area contributed by atoms with E-state index >= 15 is 0 Å². The largest absolute Gasteiger partial charge is 0.494 e. The van der Waals surface area contributed by atoms with Gasteiger partial charge >= 0.3 is 0 Å². The van der Waals surface area contributed by atoms with Crippen molar-refractivity contribution < 1.29 is 17.9 Å². The molecule has 1 amide bonds. The van der Waals surface area contributed by atoms with Crippen molar-refractivity contribution in [1.82, 2.24) is 14.5 Å². The van der Waals surface area contributed by atoms with E-state index in [1.807, 2.05) is 18.2 Å². The van der Waals surface area contributed by atoms with Crippen molar-refractivity contribution in [1.29, 1.82) is 0 Å². The van der Waals surface area contributed by atoms with E-state index in [-0.39, 0.29) is 5.91 Å². The maximum atomic E-state index is 11.7. The fourth-order valence-corrected chi connectivity index (χ4v) is 4.03. The predicted molar refractivity (Wildman–Crippen MR) is 95.0 cm³/mol. The third-order valence-corrected chi connectivity index (χ3v) is 5.88. The SMILES string of the molecule is CS(=O)(=O)N1CCc2cc(OCCCN3CCNC(=O)C3)ccc2C1. The molecular formula is C17H25N3O4S. The molecule has 2 heterocycles. The van der Waals surface area contributed by atoms with Gasteiger partial charge < -0.3 is 10.1 Å². The van der Waals surface area contributed by atoms with Gasteiger partial charge in [0.1, 0.15) is 5.75 Å². The number of rotatable bonds is 6. The molecule has 0 saturated carbocycles. The topological polar surface area (TPSA) is 79.0 Å². The lowest BCUT2D eigenvalue weighted by atomic mass is 10.0. The monoisotopic (exact) mass is 367 g/mol. The van der Waals surface area contributed by atoms with E-state index in [4.69, 9.17) is 4.74 Å². The minimum atomic E-state index is -3.14. The molecule has 0 unspecified atom stereocenters. The van der Waals surface area contributed by atoms with E-state index in [1.165, 1.54) is 10.6 Å². The Morgan fingerprint density at radius 2 is 2.04 bits per heavy atom. The van der Waals surface area contributed by atoms with Gasteiger partial charge in [0.05, 0.1) is 19.4 Å². The average molecular weight is 367 g/mol. The predicted octanol–water partition coefficient (Wildman–Crippen LogP) is 0.205. The summed E-state index contributed by atoms with van der Waals surface area (Å²) in [4.78, 5) is 13.5. The summed E-state index contributed by atoms with van der Waals surface area (Å²) >= 11 is 0. The first-order valence-corrected chi connectivity index (χ1v) is 10.5. The Hall–Kier alpha value is -1.64. The summed E-state index contributed by atoms with van der Waals surface area (Å²) in [7, 11) is -3.14. The zero-order valence-electron chi connectivity index (χ0n) is 14.5. The van der Waals surface area contributed by atoms with Crippen LogP contribution in [0, 0.1) is 0 Å². The highest BCUT2D eigenvalue weighted by molar-refractivity contribution is 7.88. The van der Waals surface area contributed by atoms with Crippen LogP contribution in [0.5, 0.6) is 5.75 Å². The normalized spacial score (nSPS) is 19.3. The number of benzene rings is 1. The number of nitrogens with zero attached hydrogens (tertiary/aromatic N) is 2. The Labute approximate surface area is 149 Å². The number of fused-ring (bicyclic) bond motifs is 1. The van der Waals surface area contributed by atoms with Crippen LogP contribution in [-0.4, -0.2) is 69.1 Å². The Balaban J connectivity index is 1.47. The summed E-state index contributed by atoms with van der Waals surface area (Å²) in [5.74, 6) is 0.910. The van der Waals surface area contributed by atoms with Crippen LogP contribution in [0.1, 0.15) is 17.5 Å². The molecule has 3 rings (SSSR count). The molecular weight excluding hydrogens is 342 g/mol. The smallest absolute Gasteiger partial charge is 0.234 e. The molecule has 8 heteroatoms. The molecule has 0 aliphatic carbocycles. The molecule has 1 N–H and O–H groups in total. The van der Waals surface area contributed by atoms with Gasteiger partial charge in [-0.25, -0.2) is 8.42 Å². The minimum Gasteiger partial charge on any atom is -0.494 e. The maximum Gasteiger partial charge on any atom is 0.234 e. The fourth-order valence-electron chi connectivity index (χ4n) is 3.24. The highest BCUT2D eigenvalue weighted by Crippen LogP contribution is 2.25. The third-order valence-electron chi connectivity index (χ3n) is 4.63. The second-order valence-corrected chi connectivity index (χ2v) is 8.59. The molecule has 0 atom stereocenters. The van der Waals surface area contributed by atoms with Gasteiger partial charge in [-0.3, -0.25) is 9.69 Å². The molecule has 2 aliphatic heterocycles. The van der Waals surface area contributed by atoms with Crippen LogP contribution in [0.15, 0.2) is 18.2 Å². The number of nitrogens with one attached hydrogen (secondary N) is 1. The van der Waals surface area contributed by atoms with Crippen molar-refractivity contribution in [3.63, 3.8) is 0 Å². The van der Waals surface area contributed by atoms with Crippen LogP contribution in [0.3, 0.4) is 0 Å². The standard InChI is InChI=1S/C17H25N3O4S/c1-25(22,23)20-8-5-14-11-16(4-3-15(14)12-20)24-10-2-7-19-9-6-18-17(21)13-19/h3-4,11H,2,5-10,12-13H2,1H3,(H,18,21). The van der Waals surface area contributed by atoms with Crippen LogP contribution in [-0.2, 0) is 27.8 Å². The van der Waals surface area contributed by atoms with Gasteiger partial charge in [0.15, 0.2) is 0 Å². The van der Waals surface area contributed by atoms with Crippen molar-refractivity contribution >= 4 is 15.9 Å². The summed E-state index contributed by atoms with van der Waals surface area (Å²) in [5, 5.41) is 2.82. The van der Waals surface area contributed by atoms with Crippen LogP contribution in [0.25, 0.3) is 0 Å². The second kappa shape index (κ2) is 7.72. The molecule has 25 heavy (non-hydrogen) atoms. The number of hydrogen-bond acceptors (Lipinski definition) is 5. The van der Waals surface area contributed by atoms with Crippen LogP contribution in [0.2, 0.25) is 0 Å². The van der Waals surface area contributed by atoms with Gasteiger partial charge in [0, 0.05) is 32.7 Å². The Morgan fingerprint density at radius 1 is 1.20 bits per heavy atom. The number of piperazine rings is 1. The minimum absolute atomic E-state index is 0.0880. The molecule has 0 spiro atoms. The first-order chi connectivity index (χ1) is 11.9. The van der Waals surface area contributed by atoms with Crippen molar-refractivity contribution in [2.24, 2.45) is 0 Å². The highest BCUT2D eigenvalue weighted by Gasteiger charge is 2.23. The van der Waals surface area contributed by atoms with Crippen molar-refractivity contribution in [2.75, 3.05) is 45.6 Å². The van der Waals surface area contributed by atoms with Gasteiger partial charge in [0.2, 0.25) is 15.9 Å². The summed E-state index contributed by atoms with van der Waals surface area (Å²) in [5.41, 5.74) is 2.20. The van der Waals surface area contributed by atoms with Crippen LogP contribution < -0.4 is 10.1 Å². The molecule has 1 fully saturated rings. The van der Waals surface area contributed by atoms with Gasteiger partial charge in [0.25, 0.3) is 0 Å². The lowest BCUT2D eigenvalue weighted by molar-refractivity contribution is -0.124. The maximum absolute atomic E-state index is 11.7. The number of amides is 1. The molecule has 1 saturated heterocycles. The summed E-state index contributed by atoms with van der Waals surface area (Å²) in [6, 6.07) is 5.87. The van der Waals surface area contributed by atoms with Gasteiger partial charge in [-0.15, -0.1) is 0 Å². The number of carbonyl (C=O) groups is 1. The summed E-state index contributed by atoms with van der Waals surface area (Å²) in [6.07, 6.45) is 2.83. The molecule has 0 aromatic heterocycles. The first-order valence-electron chi connectivity index (χ1n) is 8.60. The molecule has 7 nitrogen and oxygen atoms in total. The molecule has 0 radical (unpaired) electrons. The van der Waals surface area contributed by atoms with E-state index in [0.717, 1.165) is 42.9 Å². The highest BCUT2D eigenvalue weighted by atomic mass is 32.2. The van der Waals surface area contributed by atoms with Gasteiger partial charge in [-0.05, 0) is 36.1 Å². The number of carbonyl (C=O) groups excluding carboxylic acids is 1. The zero-order valence-corrected chi connectivity index (χ0v) is 15.3. The molecule has 1 aromatic rings. The lowest BCUT2D eigenvalue weighted by Crippen LogP contribution is -2.47. The Kier molecular flexibility index (Phi) is 5.61. The van der Waals surface area contributed by atoms with E-state index in [1.54, 1.807) is 0 Å². The molecule has 0 bridgehead atoms. The Bertz CT molecular complexity index is 735. The first kappa shape index (κ1) is 18.2. The fraction of sp³-hybridized carbons (Fsp3) is 0.588. The van der Waals surface area contributed by atoms with Gasteiger partial charge in [-0.2, -0.15) is 4.31 Å². The van der Waals surface area contributed by atoms with E-state index in [9.17, 15) is 13.2 Å². The van der Waals surface area contributed by atoms with Crippen LogP contribution >= 0.6 is 0 Å². The lowest BCUT2D eigenvalue weighted by Gasteiger charge is -2.27. The Morgan fingerprint density at radius 3 is 2.80 bits per heavy atom.